The molecule has 0 amide bonds. The molecule has 1 fully saturated rings. The molecule has 2 rings (SSSR count). The van der Waals surface area contributed by atoms with E-state index in [1.54, 1.807) is 0 Å². The zero-order valence-electron chi connectivity index (χ0n) is 7.51. The minimum absolute atomic E-state index is 0.0572. The summed E-state index contributed by atoms with van der Waals surface area (Å²) < 4.78 is 5.22. The summed E-state index contributed by atoms with van der Waals surface area (Å²) in [5, 5.41) is 4.07. The molecule has 0 saturated carbocycles. The van der Waals surface area contributed by atoms with E-state index in [0.717, 1.165) is 10.6 Å². The highest BCUT2D eigenvalue weighted by atomic mass is 35.5. The summed E-state index contributed by atoms with van der Waals surface area (Å²) in [6, 6.07) is 7.89. The molecule has 1 aromatic carbocycles. The van der Waals surface area contributed by atoms with Gasteiger partial charge in [-0.2, -0.15) is 0 Å². The number of rotatable bonds is 2. The number of benzene rings is 1. The van der Waals surface area contributed by atoms with Crippen LogP contribution in [0.3, 0.4) is 0 Å². The van der Waals surface area contributed by atoms with Gasteiger partial charge in [0.25, 0.3) is 0 Å². The number of nitrogens with one attached hydrogen (secondary N) is 1. The molecule has 13 heavy (non-hydrogen) atoms. The van der Waals surface area contributed by atoms with Crippen LogP contribution in [0.4, 0.5) is 0 Å². The number of hydrogen-bond acceptors (Lipinski definition) is 2. The van der Waals surface area contributed by atoms with Crippen molar-refractivity contribution in [2.45, 2.75) is 5.54 Å². The van der Waals surface area contributed by atoms with Gasteiger partial charge in [-0.1, -0.05) is 29.8 Å². The second-order valence-electron chi connectivity index (χ2n) is 3.30. The van der Waals surface area contributed by atoms with Crippen LogP contribution in [0.25, 0.3) is 0 Å². The Hall–Kier alpha value is -0.570. The molecule has 0 aromatic heterocycles. The first-order chi connectivity index (χ1) is 6.28. The van der Waals surface area contributed by atoms with Crippen molar-refractivity contribution in [3.63, 3.8) is 0 Å². The number of halogens is 1. The van der Waals surface area contributed by atoms with Gasteiger partial charge in [-0.05, 0) is 18.7 Å². The molecule has 70 valence electrons. The quantitative estimate of drug-likeness (QED) is 0.781. The van der Waals surface area contributed by atoms with E-state index < -0.39 is 0 Å². The van der Waals surface area contributed by atoms with Gasteiger partial charge < -0.3 is 10.1 Å². The zero-order valence-corrected chi connectivity index (χ0v) is 8.27. The summed E-state index contributed by atoms with van der Waals surface area (Å²) in [5.74, 6) is 0. The van der Waals surface area contributed by atoms with E-state index in [4.69, 9.17) is 16.3 Å². The third-order valence-electron chi connectivity index (χ3n) is 2.56. The number of ether oxygens (including phenoxy) is 1. The first kappa shape index (κ1) is 9.00. The molecule has 1 N–H and O–H groups in total. The summed E-state index contributed by atoms with van der Waals surface area (Å²) in [6.07, 6.45) is 0. The van der Waals surface area contributed by atoms with Crippen LogP contribution in [0.15, 0.2) is 24.3 Å². The molecule has 1 aliphatic heterocycles. The summed E-state index contributed by atoms with van der Waals surface area (Å²) in [7, 11) is 1.94. The highest BCUT2D eigenvalue weighted by molar-refractivity contribution is 6.31. The van der Waals surface area contributed by atoms with Gasteiger partial charge in [0.15, 0.2) is 0 Å². The predicted molar refractivity (Wildman–Crippen MR) is 53.0 cm³/mol. The Kier molecular flexibility index (Phi) is 2.28. The lowest BCUT2D eigenvalue weighted by Gasteiger charge is -2.42. The topological polar surface area (TPSA) is 21.3 Å². The molecule has 3 heteroatoms. The lowest BCUT2D eigenvalue weighted by atomic mass is 9.88. The second kappa shape index (κ2) is 3.29. The van der Waals surface area contributed by atoms with E-state index in [2.05, 4.69) is 5.32 Å². The summed E-state index contributed by atoms with van der Waals surface area (Å²) in [6.45, 7) is 1.40. The molecule has 1 saturated heterocycles. The van der Waals surface area contributed by atoms with E-state index in [1.165, 1.54) is 0 Å². The third-order valence-corrected chi connectivity index (χ3v) is 2.89. The molecule has 0 aliphatic carbocycles. The Bertz CT molecular complexity index is 304. The molecule has 0 unspecified atom stereocenters. The van der Waals surface area contributed by atoms with Crippen LogP contribution in [0.2, 0.25) is 5.02 Å². The number of hydrogen-bond donors (Lipinski definition) is 1. The van der Waals surface area contributed by atoms with Crippen LogP contribution in [-0.2, 0) is 10.3 Å². The molecule has 0 spiro atoms. The van der Waals surface area contributed by atoms with Gasteiger partial charge in [0.1, 0.15) is 0 Å². The Morgan fingerprint density at radius 2 is 2.08 bits per heavy atom. The van der Waals surface area contributed by atoms with Crippen LogP contribution in [0, 0.1) is 0 Å². The largest absolute Gasteiger partial charge is 0.377 e. The van der Waals surface area contributed by atoms with Crippen LogP contribution >= 0.6 is 11.6 Å². The van der Waals surface area contributed by atoms with Gasteiger partial charge in [0.2, 0.25) is 0 Å². The van der Waals surface area contributed by atoms with Crippen molar-refractivity contribution in [2.24, 2.45) is 0 Å². The van der Waals surface area contributed by atoms with Crippen LogP contribution in [-0.4, -0.2) is 20.3 Å². The summed E-state index contributed by atoms with van der Waals surface area (Å²) in [4.78, 5) is 0. The van der Waals surface area contributed by atoms with Crippen molar-refractivity contribution < 1.29 is 4.74 Å². The minimum atomic E-state index is -0.0572. The van der Waals surface area contributed by atoms with Crippen molar-refractivity contribution in [1.82, 2.24) is 5.32 Å². The molecule has 1 heterocycles. The number of likely N-dealkylation sites (N-methyl/N-ethyl adjacent to an activating group) is 1. The van der Waals surface area contributed by atoms with Crippen molar-refractivity contribution in [3.8, 4) is 0 Å². The molecular weight excluding hydrogens is 186 g/mol. The van der Waals surface area contributed by atoms with Gasteiger partial charge in [0, 0.05) is 5.02 Å². The fourth-order valence-corrected chi connectivity index (χ4v) is 1.91. The van der Waals surface area contributed by atoms with E-state index in [9.17, 15) is 0 Å². The fraction of sp³-hybridized carbons (Fsp3) is 0.400. The Morgan fingerprint density at radius 1 is 1.38 bits per heavy atom. The maximum Gasteiger partial charge on any atom is 0.0920 e. The van der Waals surface area contributed by atoms with E-state index in [0.29, 0.717) is 13.2 Å². The van der Waals surface area contributed by atoms with Gasteiger partial charge in [-0.25, -0.2) is 0 Å². The lowest BCUT2D eigenvalue weighted by molar-refractivity contribution is -0.0747. The fourth-order valence-electron chi connectivity index (χ4n) is 1.59. The standard InChI is InChI=1S/C10H12ClNO/c1-12-10(6-13-7-10)8-4-2-3-5-9(8)11/h2-5,12H,6-7H2,1H3. The molecule has 0 radical (unpaired) electrons. The third kappa shape index (κ3) is 1.35. The lowest BCUT2D eigenvalue weighted by Crippen LogP contribution is -2.56. The van der Waals surface area contributed by atoms with Crippen molar-refractivity contribution in [2.75, 3.05) is 20.3 Å². The van der Waals surface area contributed by atoms with Crippen LogP contribution in [0.1, 0.15) is 5.56 Å². The molecule has 0 atom stereocenters. The normalized spacial score (nSPS) is 19.5. The van der Waals surface area contributed by atoms with Gasteiger partial charge in [-0.15, -0.1) is 0 Å². The zero-order chi connectivity index (χ0) is 9.31. The van der Waals surface area contributed by atoms with Crippen molar-refractivity contribution >= 4 is 11.6 Å². The smallest absolute Gasteiger partial charge is 0.0920 e. The SMILES string of the molecule is CNC1(c2ccccc2Cl)COC1. The molecule has 1 aromatic rings. The van der Waals surface area contributed by atoms with Gasteiger partial charge >= 0.3 is 0 Å². The Labute approximate surface area is 82.9 Å². The van der Waals surface area contributed by atoms with Crippen molar-refractivity contribution in [1.29, 1.82) is 0 Å². The summed E-state index contributed by atoms with van der Waals surface area (Å²) >= 11 is 6.10. The average Bonchev–Trinajstić information content (AvgIpc) is 2.07. The predicted octanol–water partition coefficient (Wildman–Crippen LogP) is 1.78. The maximum atomic E-state index is 6.10. The highest BCUT2D eigenvalue weighted by Gasteiger charge is 2.39. The Balaban J connectivity index is 2.38. The van der Waals surface area contributed by atoms with Gasteiger partial charge in [0.05, 0.1) is 18.8 Å². The summed E-state index contributed by atoms with van der Waals surface area (Å²) in [5.41, 5.74) is 1.07. The first-order valence-corrected chi connectivity index (χ1v) is 4.68. The van der Waals surface area contributed by atoms with E-state index >= 15 is 0 Å². The van der Waals surface area contributed by atoms with E-state index in [1.807, 2.05) is 31.3 Å². The maximum absolute atomic E-state index is 6.10. The second-order valence-corrected chi connectivity index (χ2v) is 3.71. The molecule has 2 nitrogen and oxygen atoms in total. The van der Waals surface area contributed by atoms with E-state index in [-0.39, 0.29) is 5.54 Å². The van der Waals surface area contributed by atoms with Crippen LogP contribution < -0.4 is 5.32 Å². The van der Waals surface area contributed by atoms with Crippen LogP contribution in [0.5, 0.6) is 0 Å². The molecular formula is C10H12ClNO. The molecule has 1 aliphatic rings. The highest BCUT2D eigenvalue weighted by Crippen LogP contribution is 2.33. The van der Waals surface area contributed by atoms with Gasteiger partial charge in [-0.3, -0.25) is 0 Å². The Morgan fingerprint density at radius 3 is 2.54 bits per heavy atom. The molecule has 0 bridgehead atoms. The minimum Gasteiger partial charge on any atom is -0.377 e. The average molecular weight is 198 g/mol. The van der Waals surface area contributed by atoms with Crippen molar-refractivity contribution in [3.05, 3.63) is 34.9 Å². The monoisotopic (exact) mass is 197 g/mol. The first-order valence-electron chi connectivity index (χ1n) is 4.30.